The van der Waals surface area contributed by atoms with Gasteiger partial charge in [0.15, 0.2) is 0 Å². The Hall–Kier alpha value is -1.09. The molecule has 2 aromatic rings. The van der Waals surface area contributed by atoms with E-state index in [1.54, 1.807) is 6.07 Å². The van der Waals surface area contributed by atoms with Gasteiger partial charge in [-0.3, -0.25) is 10.1 Å². The lowest BCUT2D eigenvalue weighted by Gasteiger charge is -2.05. The molecule has 86 valence electrons. The summed E-state index contributed by atoms with van der Waals surface area (Å²) in [6, 6.07) is 5.47. The Labute approximate surface area is 119 Å². The molecule has 1 N–H and O–H groups in total. The Balaban J connectivity index is 2.23. The van der Waals surface area contributed by atoms with Crippen molar-refractivity contribution >= 4 is 50.4 Å². The Morgan fingerprint density at radius 3 is 2.88 bits per heavy atom. The molecule has 1 aromatic carbocycles. The van der Waals surface area contributed by atoms with Gasteiger partial charge in [0.2, 0.25) is 5.95 Å². The SMILES string of the molecule is O=C(Nc1nccnn1)c1cc(Br)ccc1I. The van der Waals surface area contributed by atoms with Crippen molar-refractivity contribution in [2.24, 2.45) is 0 Å². The van der Waals surface area contributed by atoms with E-state index < -0.39 is 0 Å². The van der Waals surface area contributed by atoms with E-state index in [9.17, 15) is 4.79 Å². The van der Waals surface area contributed by atoms with E-state index in [2.05, 4.69) is 59.0 Å². The van der Waals surface area contributed by atoms with Crippen LogP contribution in [-0.2, 0) is 0 Å². The Kier molecular flexibility index (Phi) is 4.00. The number of halogens is 2. The summed E-state index contributed by atoms with van der Waals surface area (Å²) in [5, 5.41) is 9.90. The number of amides is 1. The van der Waals surface area contributed by atoms with Gasteiger partial charge in [-0.1, -0.05) is 15.9 Å². The van der Waals surface area contributed by atoms with Crippen LogP contribution in [0.2, 0.25) is 0 Å². The molecule has 0 aliphatic heterocycles. The monoisotopic (exact) mass is 404 g/mol. The molecule has 0 aliphatic rings. The standard InChI is InChI=1S/C10H6BrIN4O/c11-6-1-2-8(12)7(5-6)9(17)15-10-13-3-4-14-16-10/h1-5H,(H,13,15,16,17). The highest BCUT2D eigenvalue weighted by molar-refractivity contribution is 14.1. The topological polar surface area (TPSA) is 67.8 Å². The average Bonchev–Trinajstić information content (AvgIpc) is 2.33. The molecule has 7 heteroatoms. The van der Waals surface area contributed by atoms with Crippen molar-refractivity contribution in [2.45, 2.75) is 0 Å². The molecule has 5 nitrogen and oxygen atoms in total. The highest BCUT2D eigenvalue weighted by Gasteiger charge is 2.11. The van der Waals surface area contributed by atoms with Gasteiger partial charge in [-0.25, -0.2) is 4.98 Å². The molecular formula is C10H6BrIN4O. The number of carbonyl (C=O) groups is 1. The maximum atomic E-state index is 11.9. The van der Waals surface area contributed by atoms with Crippen LogP contribution in [0.4, 0.5) is 5.95 Å². The fraction of sp³-hybridized carbons (Fsp3) is 0. The minimum atomic E-state index is -0.260. The van der Waals surface area contributed by atoms with Gasteiger partial charge in [0.1, 0.15) is 0 Å². The zero-order valence-electron chi connectivity index (χ0n) is 8.39. The summed E-state index contributed by atoms with van der Waals surface area (Å²) in [5.41, 5.74) is 0.562. The third-order valence-corrected chi connectivity index (χ3v) is 3.31. The van der Waals surface area contributed by atoms with E-state index in [0.717, 1.165) is 8.04 Å². The number of anilines is 1. The summed E-state index contributed by atoms with van der Waals surface area (Å²) in [6.07, 6.45) is 2.91. The highest BCUT2D eigenvalue weighted by Crippen LogP contribution is 2.19. The van der Waals surface area contributed by atoms with Gasteiger partial charge in [-0.05, 0) is 40.8 Å². The predicted molar refractivity (Wildman–Crippen MR) is 74.6 cm³/mol. The summed E-state index contributed by atoms with van der Waals surface area (Å²) < 4.78 is 1.70. The fourth-order valence-electron chi connectivity index (χ4n) is 1.15. The third-order valence-electron chi connectivity index (χ3n) is 1.88. The number of aromatic nitrogens is 3. The van der Waals surface area contributed by atoms with Gasteiger partial charge < -0.3 is 0 Å². The third kappa shape index (κ3) is 3.19. The largest absolute Gasteiger partial charge is 0.289 e. The van der Waals surface area contributed by atoms with E-state index in [1.807, 2.05) is 12.1 Å². The molecular weight excluding hydrogens is 399 g/mol. The number of rotatable bonds is 2. The second kappa shape index (κ2) is 5.50. The molecule has 17 heavy (non-hydrogen) atoms. The fourth-order valence-corrected chi connectivity index (χ4v) is 2.09. The molecule has 1 heterocycles. The maximum absolute atomic E-state index is 11.9. The lowest BCUT2D eigenvalue weighted by molar-refractivity contribution is 0.102. The normalized spacial score (nSPS) is 10.0. The Morgan fingerprint density at radius 1 is 1.35 bits per heavy atom. The molecule has 0 fully saturated rings. The van der Waals surface area contributed by atoms with Crippen molar-refractivity contribution in [3.05, 3.63) is 44.2 Å². The van der Waals surface area contributed by atoms with E-state index >= 15 is 0 Å². The predicted octanol–water partition coefficient (Wildman–Crippen LogP) is 2.49. The van der Waals surface area contributed by atoms with Crippen molar-refractivity contribution in [2.75, 3.05) is 5.32 Å². The summed E-state index contributed by atoms with van der Waals surface area (Å²) in [5.74, 6) is -0.0722. The number of benzene rings is 1. The lowest BCUT2D eigenvalue weighted by atomic mass is 10.2. The van der Waals surface area contributed by atoms with Crippen LogP contribution in [0.5, 0.6) is 0 Å². The van der Waals surface area contributed by atoms with Gasteiger partial charge in [-0.2, -0.15) is 5.10 Å². The smallest absolute Gasteiger partial charge is 0.259 e. The molecule has 0 atom stereocenters. The van der Waals surface area contributed by atoms with E-state index in [0.29, 0.717) is 5.56 Å². The highest BCUT2D eigenvalue weighted by atomic mass is 127. The number of hydrogen-bond acceptors (Lipinski definition) is 4. The molecule has 2 rings (SSSR count). The summed E-state index contributed by atoms with van der Waals surface area (Å²) in [4.78, 5) is 15.8. The van der Waals surface area contributed by atoms with Crippen LogP contribution < -0.4 is 5.32 Å². The number of nitrogens with one attached hydrogen (secondary N) is 1. The molecule has 0 spiro atoms. The number of hydrogen-bond donors (Lipinski definition) is 1. The first kappa shape index (κ1) is 12.4. The number of nitrogens with zero attached hydrogens (tertiary/aromatic N) is 3. The van der Waals surface area contributed by atoms with Gasteiger partial charge in [0.05, 0.1) is 18.0 Å². The molecule has 1 amide bonds. The quantitative estimate of drug-likeness (QED) is 0.781. The van der Waals surface area contributed by atoms with Crippen LogP contribution in [0.3, 0.4) is 0 Å². The van der Waals surface area contributed by atoms with E-state index in [4.69, 9.17) is 0 Å². The molecule has 0 aliphatic carbocycles. The molecule has 0 radical (unpaired) electrons. The molecule has 0 bridgehead atoms. The minimum absolute atomic E-state index is 0.188. The summed E-state index contributed by atoms with van der Waals surface area (Å²) in [7, 11) is 0. The zero-order chi connectivity index (χ0) is 12.3. The first-order valence-corrected chi connectivity index (χ1v) is 6.44. The van der Waals surface area contributed by atoms with E-state index in [1.165, 1.54) is 12.4 Å². The second-order valence-electron chi connectivity index (χ2n) is 3.04. The van der Waals surface area contributed by atoms with Crippen LogP contribution in [0.15, 0.2) is 35.1 Å². The van der Waals surface area contributed by atoms with Crippen LogP contribution in [0.1, 0.15) is 10.4 Å². The number of carbonyl (C=O) groups excluding carboxylic acids is 1. The van der Waals surface area contributed by atoms with Crippen molar-refractivity contribution in [1.82, 2.24) is 15.2 Å². The second-order valence-corrected chi connectivity index (χ2v) is 5.12. The van der Waals surface area contributed by atoms with Crippen LogP contribution in [-0.4, -0.2) is 21.1 Å². The maximum Gasteiger partial charge on any atom is 0.259 e. The van der Waals surface area contributed by atoms with Crippen molar-refractivity contribution < 1.29 is 4.79 Å². The molecule has 0 saturated heterocycles. The van der Waals surface area contributed by atoms with Crippen LogP contribution >= 0.6 is 38.5 Å². The molecule has 0 unspecified atom stereocenters. The Bertz CT molecular complexity index is 549. The van der Waals surface area contributed by atoms with Crippen LogP contribution in [0.25, 0.3) is 0 Å². The first-order valence-electron chi connectivity index (χ1n) is 4.57. The van der Waals surface area contributed by atoms with Gasteiger partial charge in [0.25, 0.3) is 5.91 Å². The minimum Gasteiger partial charge on any atom is -0.289 e. The molecule has 0 saturated carbocycles. The lowest BCUT2D eigenvalue weighted by Crippen LogP contribution is -2.15. The van der Waals surface area contributed by atoms with Gasteiger partial charge >= 0.3 is 0 Å². The summed E-state index contributed by atoms with van der Waals surface area (Å²) in [6.45, 7) is 0. The van der Waals surface area contributed by atoms with Gasteiger partial charge in [-0.15, -0.1) is 5.10 Å². The average molecular weight is 405 g/mol. The first-order chi connectivity index (χ1) is 8.16. The summed E-state index contributed by atoms with van der Waals surface area (Å²) >= 11 is 5.42. The van der Waals surface area contributed by atoms with E-state index in [-0.39, 0.29) is 11.9 Å². The zero-order valence-corrected chi connectivity index (χ0v) is 12.1. The van der Waals surface area contributed by atoms with Crippen molar-refractivity contribution in [1.29, 1.82) is 0 Å². The van der Waals surface area contributed by atoms with Crippen molar-refractivity contribution in [3.63, 3.8) is 0 Å². The Morgan fingerprint density at radius 2 is 2.18 bits per heavy atom. The van der Waals surface area contributed by atoms with Crippen LogP contribution in [0, 0.1) is 3.57 Å². The molecule has 1 aromatic heterocycles. The van der Waals surface area contributed by atoms with Crippen molar-refractivity contribution in [3.8, 4) is 0 Å². The van der Waals surface area contributed by atoms with Gasteiger partial charge in [0, 0.05) is 8.04 Å².